The Balaban J connectivity index is 1.23. The lowest BCUT2D eigenvalue weighted by molar-refractivity contribution is 0.0712. The lowest BCUT2D eigenvalue weighted by atomic mass is 9.89. The lowest BCUT2D eigenvalue weighted by Gasteiger charge is -2.32. The zero-order chi connectivity index (χ0) is 26.5. The summed E-state index contributed by atoms with van der Waals surface area (Å²) in [6.07, 6.45) is 1.85. The molecule has 38 heavy (non-hydrogen) atoms. The Bertz CT molecular complexity index is 1410. The van der Waals surface area contributed by atoms with Gasteiger partial charge >= 0.3 is 0 Å². The van der Waals surface area contributed by atoms with E-state index in [2.05, 4.69) is 17.4 Å². The van der Waals surface area contributed by atoms with Crippen molar-refractivity contribution < 1.29 is 14.3 Å². The van der Waals surface area contributed by atoms with Gasteiger partial charge in [-0.15, -0.1) is 0 Å². The number of benzene rings is 4. The third-order valence-electron chi connectivity index (χ3n) is 7.36. The maximum atomic E-state index is 13.3. The van der Waals surface area contributed by atoms with Crippen molar-refractivity contribution >= 4 is 17.5 Å². The molecular formula is C33H32N2O3. The summed E-state index contributed by atoms with van der Waals surface area (Å²) >= 11 is 0. The van der Waals surface area contributed by atoms with Gasteiger partial charge in [0, 0.05) is 29.9 Å². The van der Waals surface area contributed by atoms with Gasteiger partial charge in [0.05, 0.1) is 7.11 Å². The number of hydrogen-bond acceptors (Lipinski definition) is 3. The van der Waals surface area contributed by atoms with E-state index >= 15 is 0 Å². The molecule has 1 aliphatic heterocycles. The number of anilines is 1. The van der Waals surface area contributed by atoms with Crippen LogP contribution in [0.4, 0.5) is 5.69 Å². The van der Waals surface area contributed by atoms with E-state index in [1.54, 1.807) is 13.2 Å². The monoisotopic (exact) mass is 504 g/mol. The Kier molecular flexibility index (Phi) is 7.55. The van der Waals surface area contributed by atoms with Crippen molar-refractivity contribution in [2.45, 2.75) is 25.7 Å². The minimum Gasteiger partial charge on any atom is -0.497 e. The van der Waals surface area contributed by atoms with Gasteiger partial charge in [0.1, 0.15) is 5.75 Å². The summed E-state index contributed by atoms with van der Waals surface area (Å²) in [6, 6.07) is 31.4. The predicted molar refractivity (Wildman–Crippen MR) is 152 cm³/mol. The molecule has 4 aromatic rings. The average Bonchev–Trinajstić information content (AvgIpc) is 2.98. The summed E-state index contributed by atoms with van der Waals surface area (Å²) in [7, 11) is 1.67. The molecule has 0 spiro atoms. The number of likely N-dealkylation sites (tertiary alicyclic amines) is 1. The molecule has 5 nitrogen and oxygen atoms in total. The van der Waals surface area contributed by atoms with Crippen LogP contribution in [0.5, 0.6) is 5.75 Å². The van der Waals surface area contributed by atoms with Crippen molar-refractivity contribution in [2.24, 2.45) is 0 Å². The van der Waals surface area contributed by atoms with Crippen LogP contribution >= 0.6 is 0 Å². The van der Waals surface area contributed by atoms with Gasteiger partial charge in [0.15, 0.2) is 0 Å². The first-order valence-corrected chi connectivity index (χ1v) is 13.0. The number of carbonyl (C=O) groups is 2. The predicted octanol–water partition coefficient (Wildman–Crippen LogP) is 6.94. The number of ether oxygens (including phenoxy) is 1. The first kappa shape index (κ1) is 25.3. The zero-order valence-corrected chi connectivity index (χ0v) is 21.8. The summed E-state index contributed by atoms with van der Waals surface area (Å²) in [6.45, 7) is 3.35. The minimum atomic E-state index is -0.197. The highest BCUT2D eigenvalue weighted by atomic mass is 16.5. The van der Waals surface area contributed by atoms with Crippen LogP contribution in [0.15, 0.2) is 97.1 Å². The van der Waals surface area contributed by atoms with E-state index in [-0.39, 0.29) is 11.8 Å². The Labute approximate surface area is 224 Å². The molecule has 0 saturated carbocycles. The highest BCUT2D eigenvalue weighted by Crippen LogP contribution is 2.30. The largest absolute Gasteiger partial charge is 0.497 e. The van der Waals surface area contributed by atoms with Gasteiger partial charge in [-0.05, 0) is 84.3 Å². The van der Waals surface area contributed by atoms with E-state index in [1.807, 2.05) is 90.7 Å². The van der Waals surface area contributed by atoms with E-state index in [0.717, 1.165) is 35.3 Å². The van der Waals surface area contributed by atoms with Gasteiger partial charge in [0.25, 0.3) is 11.8 Å². The Morgan fingerprint density at radius 1 is 0.789 bits per heavy atom. The van der Waals surface area contributed by atoms with Gasteiger partial charge in [-0.25, -0.2) is 0 Å². The molecule has 1 fully saturated rings. The molecule has 0 aromatic heterocycles. The molecule has 0 bridgehead atoms. The van der Waals surface area contributed by atoms with Crippen molar-refractivity contribution in [3.63, 3.8) is 0 Å². The van der Waals surface area contributed by atoms with Crippen LogP contribution in [0.1, 0.15) is 50.6 Å². The second kappa shape index (κ2) is 11.3. The van der Waals surface area contributed by atoms with Crippen LogP contribution in [0, 0.1) is 6.92 Å². The van der Waals surface area contributed by atoms with Crippen molar-refractivity contribution in [3.8, 4) is 16.9 Å². The fourth-order valence-corrected chi connectivity index (χ4v) is 5.00. The second-order valence-electron chi connectivity index (χ2n) is 9.77. The fourth-order valence-electron chi connectivity index (χ4n) is 5.00. The van der Waals surface area contributed by atoms with Gasteiger partial charge < -0.3 is 15.0 Å². The molecule has 5 rings (SSSR count). The van der Waals surface area contributed by atoms with E-state index in [9.17, 15) is 9.59 Å². The molecule has 0 atom stereocenters. The number of nitrogens with zero attached hydrogens (tertiary/aromatic N) is 1. The Morgan fingerprint density at radius 2 is 1.42 bits per heavy atom. The second-order valence-corrected chi connectivity index (χ2v) is 9.77. The molecule has 5 heteroatoms. The van der Waals surface area contributed by atoms with E-state index in [4.69, 9.17) is 4.74 Å². The number of rotatable bonds is 6. The molecule has 1 saturated heterocycles. The fraction of sp³-hybridized carbons (Fsp3) is 0.212. The van der Waals surface area contributed by atoms with E-state index in [1.165, 1.54) is 5.56 Å². The zero-order valence-electron chi connectivity index (χ0n) is 21.8. The Morgan fingerprint density at radius 3 is 2.08 bits per heavy atom. The maximum absolute atomic E-state index is 13.3. The number of amides is 2. The van der Waals surface area contributed by atoms with Gasteiger partial charge in [-0.2, -0.15) is 0 Å². The standard InChI is InChI=1S/C33H32N2O3/c1-23-8-9-29(33(37)35-20-18-27(19-21-35)26-14-16-30(38-2)17-15-26)22-31(23)34-32(36)28-12-10-25(11-13-28)24-6-4-3-5-7-24/h3-17,22,27H,18-21H2,1-2H3,(H,34,36). The maximum Gasteiger partial charge on any atom is 0.255 e. The number of piperidine rings is 1. The lowest BCUT2D eigenvalue weighted by Crippen LogP contribution is -2.38. The highest BCUT2D eigenvalue weighted by Gasteiger charge is 2.25. The summed E-state index contributed by atoms with van der Waals surface area (Å²) in [4.78, 5) is 28.2. The first-order valence-electron chi connectivity index (χ1n) is 13.0. The molecule has 0 aliphatic carbocycles. The van der Waals surface area contributed by atoms with Crippen LogP contribution in [0.2, 0.25) is 0 Å². The summed E-state index contributed by atoms with van der Waals surface area (Å²) in [5.74, 6) is 1.09. The summed E-state index contributed by atoms with van der Waals surface area (Å²) in [5, 5.41) is 3.00. The molecule has 1 heterocycles. The van der Waals surface area contributed by atoms with Crippen molar-refractivity contribution in [2.75, 3.05) is 25.5 Å². The topological polar surface area (TPSA) is 58.6 Å². The van der Waals surface area contributed by atoms with Crippen molar-refractivity contribution in [3.05, 3.63) is 119 Å². The molecule has 4 aromatic carbocycles. The summed E-state index contributed by atoms with van der Waals surface area (Å²) in [5.41, 5.74) is 6.18. The molecular weight excluding hydrogens is 472 g/mol. The minimum absolute atomic E-state index is 0.000828. The smallest absolute Gasteiger partial charge is 0.255 e. The van der Waals surface area contributed by atoms with Crippen molar-refractivity contribution in [1.29, 1.82) is 0 Å². The molecule has 0 radical (unpaired) electrons. The molecule has 2 amide bonds. The van der Waals surface area contributed by atoms with Gasteiger partial charge in [-0.1, -0.05) is 60.7 Å². The SMILES string of the molecule is COc1ccc(C2CCN(C(=O)c3ccc(C)c(NC(=O)c4ccc(-c5ccccc5)cc4)c3)CC2)cc1. The van der Waals surface area contributed by atoms with Crippen LogP contribution in [-0.2, 0) is 0 Å². The number of hydrogen-bond donors (Lipinski definition) is 1. The average molecular weight is 505 g/mol. The number of carbonyl (C=O) groups excluding carboxylic acids is 2. The third-order valence-corrected chi connectivity index (χ3v) is 7.36. The Hall–Kier alpha value is -4.38. The van der Waals surface area contributed by atoms with Crippen molar-refractivity contribution in [1.82, 2.24) is 4.90 Å². The molecule has 0 unspecified atom stereocenters. The quantitative estimate of drug-likeness (QED) is 0.309. The highest BCUT2D eigenvalue weighted by molar-refractivity contribution is 6.05. The van der Waals surface area contributed by atoms with E-state index in [0.29, 0.717) is 35.8 Å². The molecule has 1 aliphatic rings. The number of methoxy groups -OCH3 is 1. The first-order chi connectivity index (χ1) is 18.5. The van der Waals surface area contributed by atoms with Gasteiger partial charge in [0.2, 0.25) is 0 Å². The van der Waals surface area contributed by atoms with Crippen LogP contribution in [0.3, 0.4) is 0 Å². The summed E-state index contributed by atoms with van der Waals surface area (Å²) < 4.78 is 5.26. The van der Waals surface area contributed by atoms with Crippen LogP contribution < -0.4 is 10.1 Å². The van der Waals surface area contributed by atoms with Crippen LogP contribution in [-0.4, -0.2) is 36.9 Å². The van der Waals surface area contributed by atoms with Crippen LogP contribution in [0.25, 0.3) is 11.1 Å². The van der Waals surface area contributed by atoms with Gasteiger partial charge in [-0.3, -0.25) is 9.59 Å². The molecule has 192 valence electrons. The van der Waals surface area contributed by atoms with E-state index < -0.39 is 0 Å². The third kappa shape index (κ3) is 5.62. The molecule has 1 N–H and O–H groups in total. The number of aryl methyl sites for hydroxylation is 1. The number of nitrogens with one attached hydrogen (secondary N) is 1. The normalized spacial score (nSPS) is 13.7.